The van der Waals surface area contributed by atoms with Gasteiger partial charge in [0, 0.05) is 6.42 Å². The predicted molar refractivity (Wildman–Crippen MR) is 73.2 cm³/mol. The molecule has 2 atom stereocenters. The molecule has 1 amide bonds. The van der Waals surface area contributed by atoms with Gasteiger partial charge in [-0.15, -0.1) is 0 Å². The number of nitrogens with one attached hydrogen (secondary N) is 2. The van der Waals surface area contributed by atoms with Gasteiger partial charge in [-0.2, -0.15) is 0 Å². The van der Waals surface area contributed by atoms with Crippen LogP contribution in [0.2, 0.25) is 0 Å². The molecule has 1 heterocycles. The molecule has 1 aromatic carbocycles. The summed E-state index contributed by atoms with van der Waals surface area (Å²) in [7, 11) is 0. The zero-order valence-corrected chi connectivity index (χ0v) is 11.3. The van der Waals surface area contributed by atoms with Crippen molar-refractivity contribution in [3.05, 3.63) is 35.6 Å². The smallest absolute Gasteiger partial charge is 0.220 e. The van der Waals surface area contributed by atoms with Crippen molar-refractivity contribution < 1.29 is 9.18 Å². The third-order valence-electron chi connectivity index (χ3n) is 3.62. The van der Waals surface area contributed by atoms with Crippen molar-refractivity contribution in [2.24, 2.45) is 5.92 Å². The second-order valence-corrected chi connectivity index (χ2v) is 5.26. The van der Waals surface area contributed by atoms with Crippen molar-refractivity contribution >= 4 is 5.91 Å². The zero-order valence-electron chi connectivity index (χ0n) is 11.3. The number of carbonyl (C=O) groups is 1. The maximum atomic E-state index is 12.8. The van der Waals surface area contributed by atoms with Crippen molar-refractivity contribution in [3.63, 3.8) is 0 Å². The second-order valence-electron chi connectivity index (χ2n) is 5.26. The summed E-state index contributed by atoms with van der Waals surface area (Å²) in [6.07, 6.45) is 2.83. The van der Waals surface area contributed by atoms with Gasteiger partial charge >= 0.3 is 0 Å². The van der Waals surface area contributed by atoms with Crippen molar-refractivity contribution in [3.8, 4) is 0 Å². The zero-order chi connectivity index (χ0) is 13.7. The van der Waals surface area contributed by atoms with Crippen LogP contribution >= 0.6 is 0 Å². The number of benzene rings is 1. The summed E-state index contributed by atoms with van der Waals surface area (Å²) in [5, 5.41) is 6.28. The standard InChI is InChI=1S/C15H21FN2O/c1-11(13-4-6-14(16)7-5-13)18-15(19)9-12-3-2-8-17-10-12/h4-7,11-12,17H,2-3,8-10H2,1H3,(H,18,19)/t11-,12?/m0/s1. The minimum Gasteiger partial charge on any atom is -0.350 e. The van der Waals surface area contributed by atoms with Crippen LogP contribution < -0.4 is 10.6 Å². The third-order valence-corrected chi connectivity index (χ3v) is 3.62. The lowest BCUT2D eigenvalue weighted by atomic mass is 9.95. The van der Waals surface area contributed by atoms with Crippen LogP contribution in [0.3, 0.4) is 0 Å². The summed E-state index contributed by atoms with van der Waals surface area (Å²) >= 11 is 0. The second kappa shape index (κ2) is 6.66. The van der Waals surface area contributed by atoms with Gasteiger partial charge in [0.1, 0.15) is 5.82 Å². The minimum absolute atomic E-state index is 0.0746. The topological polar surface area (TPSA) is 41.1 Å². The molecule has 0 aromatic heterocycles. The highest BCUT2D eigenvalue weighted by Crippen LogP contribution is 2.16. The molecule has 104 valence electrons. The minimum atomic E-state index is -0.254. The van der Waals surface area contributed by atoms with Crippen molar-refractivity contribution in [1.29, 1.82) is 0 Å². The molecule has 1 fully saturated rings. The van der Waals surface area contributed by atoms with Crippen LogP contribution in [0.15, 0.2) is 24.3 Å². The molecule has 0 bridgehead atoms. The van der Waals surface area contributed by atoms with E-state index in [-0.39, 0.29) is 17.8 Å². The lowest BCUT2D eigenvalue weighted by Gasteiger charge is -2.23. The highest BCUT2D eigenvalue weighted by atomic mass is 19.1. The number of halogens is 1. The van der Waals surface area contributed by atoms with Crippen molar-refractivity contribution in [1.82, 2.24) is 10.6 Å². The van der Waals surface area contributed by atoms with Crippen LogP contribution in [0, 0.1) is 11.7 Å². The SMILES string of the molecule is C[C@H](NC(=O)CC1CCCNC1)c1ccc(F)cc1. The average molecular weight is 264 g/mol. The number of carbonyl (C=O) groups excluding carboxylic acids is 1. The lowest BCUT2D eigenvalue weighted by Crippen LogP contribution is -2.35. The molecule has 19 heavy (non-hydrogen) atoms. The molecule has 0 spiro atoms. The highest BCUT2D eigenvalue weighted by molar-refractivity contribution is 5.76. The van der Waals surface area contributed by atoms with Crippen LogP contribution in [-0.4, -0.2) is 19.0 Å². The Balaban J connectivity index is 1.82. The first-order valence-corrected chi connectivity index (χ1v) is 6.90. The number of piperidine rings is 1. The maximum Gasteiger partial charge on any atom is 0.220 e. The van der Waals surface area contributed by atoms with Gasteiger partial charge < -0.3 is 10.6 Å². The van der Waals surface area contributed by atoms with Gasteiger partial charge in [-0.3, -0.25) is 4.79 Å². The molecule has 2 N–H and O–H groups in total. The summed E-state index contributed by atoms with van der Waals surface area (Å²) in [5.74, 6) is 0.259. The molecule has 1 unspecified atom stereocenters. The number of hydrogen-bond donors (Lipinski definition) is 2. The van der Waals surface area contributed by atoms with Gasteiger partial charge in [0.25, 0.3) is 0 Å². The van der Waals surface area contributed by atoms with E-state index in [1.54, 1.807) is 12.1 Å². The van der Waals surface area contributed by atoms with E-state index in [1.807, 2.05) is 6.92 Å². The molecule has 3 nitrogen and oxygen atoms in total. The van der Waals surface area contributed by atoms with Gasteiger partial charge in [-0.05, 0) is 56.5 Å². The van der Waals surface area contributed by atoms with E-state index in [0.29, 0.717) is 12.3 Å². The van der Waals surface area contributed by atoms with E-state index in [2.05, 4.69) is 10.6 Å². The summed E-state index contributed by atoms with van der Waals surface area (Å²) in [5.41, 5.74) is 0.927. The summed E-state index contributed by atoms with van der Waals surface area (Å²) in [6, 6.07) is 6.18. The molecule has 4 heteroatoms. The quantitative estimate of drug-likeness (QED) is 0.876. The number of amides is 1. The Bertz CT molecular complexity index is 413. The Hall–Kier alpha value is -1.42. The highest BCUT2D eigenvalue weighted by Gasteiger charge is 2.18. The van der Waals surface area contributed by atoms with Crippen LogP contribution in [0.1, 0.15) is 37.8 Å². The number of hydrogen-bond acceptors (Lipinski definition) is 2. The Kier molecular flexibility index (Phi) is 4.91. The fourth-order valence-electron chi connectivity index (χ4n) is 2.50. The fraction of sp³-hybridized carbons (Fsp3) is 0.533. The van der Waals surface area contributed by atoms with Crippen LogP contribution in [0.5, 0.6) is 0 Å². The van der Waals surface area contributed by atoms with E-state index >= 15 is 0 Å². The van der Waals surface area contributed by atoms with E-state index in [4.69, 9.17) is 0 Å². The van der Waals surface area contributed by atoms with Crippen molar-refractivity contribution in [2.75, 3.05) is 13.1 Å². The van der Waals surface area contributed by atoms with Gasteiger partial charge in [-0.25, -0.2) is 4.39 Å². The first-order valence-electron chi connectivity index (χ1n) is 6.90. The summed E-state index contributed by atoms with van der Waals surface area (Å²) in [4.78, 5) is 11.9. The van der Waals surface area contributed by atoms with Gasteiger partial charge in [0.15, 0.2) is 0 Å². The average Bonchev–Trinajstić information content (AvgIpc) is 2.40. The molecule has 1 aliphatic rings. The molecule has 0 radical (unpaired) electrons. The van der Waals surface area contributed by atoms with E-state index in [0.717, 1.165) is 31.5 Å². The Morgan fingerprint density at radius 2 is 2.21 bits per heavy atom. The number of rotatable bonds is 4. The van der Waals surface area contributed by atoms with Crippen LogP contribution in [0.25, 0.3) is 0 Å². The van der Waals surface area contributed by atoms with Gasteiger partial charge in [-0.1, -0.05) is 12.1 Å². The Morgan fingerprint density at radius 3 is 2.84 bits per heavy atom. The Labute approximate surface area is 113 Å². The normalized spacial score (nSPS) is 20.8. The maximum absolute atomic E-state index is 12.8. The third kappa shape index (κ3) is 4.31. The molecular formula is C15H21FN2O. The monoisotopic (exact) mass is 264 g/mol. The molecular weight excluding hydrogens is 243 g/mol. The van der Waals surface area contributed by atoms with E-state index < -0.39 is 0 Å². The molecule has 1 aliphatic heterocycles. The van der Waals surface area contributed by atoms with E-state index in [1.165, 1.54) is 12.1 Å². The van der Waals surface area contributed by atoms with Crippen LogP contribution in [0.4, 0.5) is 4.39 Å². The summed E-state index contributed by atoms with van der Waals surface area (Å²) in [6.45, 7) is 3.91. The molecule has 1 aromatic rings. The predicted octanol–water partition coefficient (Wildman–Crippen LogP) is 2.39. The summed E-state index contributed by atoms with van der Waals surface area (Å²) < 4.78 is 12.8. The van der Waals surface area contributed by atoms with Crippen molar-refractivity contribution in [2.45, 2.75) is 32.2 Å². The van der Waals surface area contributed by atoms with E-state index in [9.17, 15) is 9.18 Å². The van der Waals surface area contributed by atoms with Crippen LogP contribution in [-0.2, 0) is 4.79 Å². The molecule has 1 saturated heterocycles. The molecule has 0 saturated carbocycles. The first kappa shape index (κ1) is 14.0. The fourth-order valence-corrected chi connectivity index (χ4v) is 2.50. The lowest BCUT2D eigenvalue weighted by molar-refractivity contribution is -0.122. The molecule has 2 rings (SSSR count). The Morgan fingerprint density at radius 1 is 1.47 bits per heavy atom. The largest absolute Gasteiger partial charge is 0.350 e. The van der Waals surface area contributed by atoms with Gasteiger partial charge in [0.2, 0.25) is 5.91 Å². The first-order chi connectivity index (χ1) is 9.15. The van der Waals surface area contributed by atoms with Gasteiger partial charge in [0.05, 0.1) is 6.04 Å². The molecule has 0 aliphatic carbocycles.